The first-order chi connectivity index (χ1) is 10.2. The molecule has 0 spiro atoms. The van der Waals surface area contributed by atoms with Crippen LogP contribution in [-0.2, 0) is 9.47 Å². The predicted octanol–water partition coefficient (Wildman–Crippen LogP) is 1.87. The fraction of sp³-hybridized carbons (Fsp3) is 1.00. The van der Waals surface area contributed by atoms with Gasteiger partial charge >= 0.3 is 0 Å². The second kappa shape index (κ2) is 5.80. The van der Waals surface area contributed by atoms with Crippen molar-refractivity contribution in [1.82, 2.24) is 0 Å². The fourth-order valence-electron chi connectivity index (χ4n) is 4.40. The Kier molecular flexibility index (Phi) is 3.99. The first-order valence-electron chi connectivity index (χ1n) is 8.87. The van der Waals surface area contributed by atoms with Gasteiger partial charge in [-0.05, 0) is 43.4 Å². The average molecular weight is 296 g/mol. The second-order valence-corrected chi connectivity index (χ2v) is 7.62. The van der Waals surface area contributed by atoms with Crippen LogP contribution in [0.4, 0.5) is 0 Å². The summed E-state index contributed by atoms with van der Waals surface area (Å²) in [5.74, 6) is 2.06. The van der Waals surface area contributed by atoms with Crippen LogP contribution >= 0.6 is 0 Å². The largest absolute Gasteiger partial charge is 0.388 e. The number of hydrogen-bond donors (Lipinski definition) is 2. The van der Waals surface area contributed by atoms with E-state index in [1.807, 2.05) is 0 Å². The standard InChI is InChI=1S/C17H28O4/c18-15-14(21-17(16(15)19)11-5-2-6-11)9-20-13-8-7-12(13)10-3-1-4-10/h10-19H,1-9H2. The van der Waals surface area contributed by atoms with Crippen LogP contribution in [0.15, 0.2) is 0 Å². The monoisotopic (exact) mass is 296 g/mol. The predicted molar refractivity (Wildman–Crippen MR) is 77.8 cm³/mol. The lowest BCUT2D eigenvalue weighted by Crippen LogP contribution is -2.44. The van der Waals surface area contributed by atoms with Gasteiger partial charge in [-0.2, -0.15) is 0 Å². The van der Waals surface area contributed by atoms with Crippen LogP contribution in [0.25, 0.3) is 0 Å². The summed E-state index contributed by atoms with van der Waals surface area (Å²) in [6, 6.07) is 0. The van der Waals surface area contributed by atoms with E-state index < -0.39 is 12.2 Å². The zero-order valence-electron chi connectivity index (χ0n) is 12.7. The Hall–Kier alpha value is -0.160. The maximum absolute atomic E-state index is 10.2. The molecule has 3 saturated carbocycles. The van der Waals surface area contributed by atoms with Gasteiger partial charge in [-0.1, -0.05) is 25.7 Å². The maximum Gasteiger partial charge on any atom is 0.111 e. The third kappa shape index (κ3) is 2.54. The summed E-state index contributed by atoms with van der Waals surface area (Å²) in [6.45, 7) is 0.440. The minimum absolute atomic E-state index is 0.175. The summed E-state index contributed by atoms with van der Waals surface area (Å²) < 4.78 is 12.0. The molecule has 21 heavy (non-hydrogen) atoms. The Morgan fingerprint density at radius 2 is 1.57 bits per heavy atom. The Bertz CT molecular complexity index is 366. The molecule has 4 nitrogen and oxygen atoms in total. The Balaban J connectivity index is 1.26. The fourth-order valence-corrected chi connectivity index (χ4v) is 4.40. The molecule has 0 aromatic rings. The molecule has 4 aliphatic rings. The van der Waals surface area contributed by atoms with Crippen LogP contribution in [0.1, 0.15) is 51.4 Å². The molecule has 3 aliphatic carbocycles. The van der Waals surface area contributed by atoms with Crippen LogP contribution in [0.5, 0.6) is 0 Å². The Morgan fingerprint density at radius 1 is 0.857 bits per heavy atom. The van der Waals surface area contributed by atoms with Crippen molar-refractivity contribution in [2.45, 2.75) is 81.9 Å². The lowest BCUT2D eigenvalue weighted by Gasteiger charge is -2.45. The van der Waals surface area contributed by atoms with Gasteiger partial charge in [-0.25, -0.2) is 0 Å². The normalized spacial score (nSPS) is 47.7. The van der Waals surface area contributed by atoms with Crippen LogP contribution in [0.2, 0.25) is 0 Å². The summed E-state index contributed by atoms with van der Waals surface area (Å²) in [5, 5.41) is 20.3. The number of hydrogen-bond acceptors (Lipinski definition) is 4. The number of aliphatic hydroxyl groups is 2. The van der Waals surface area contributed by atoms with Gasteiger partial charge in [-0.3, -0.25) is 0 Å². The van der Waals surface area contributed by atoms with Gasteiger partial charge in [0.05, 0.1) is 18.8 Å². The molecule has 6 unspecified atom stereocenters. The van der Waals surface area contributed by atoms with Crippen molar-refractivity contribution in [3.8, 4) is 0 Å². The van der Waals surface area contributed by atoms with Gasteiger partial charge < -0.3 is 19.7 Å². The SMILES string of the molecule is OC1C(COC2CCC2C2CCC2)OC(C2CCC2)C1O. The van der Waals surface area contributed by atoms with E-state index in [1.165, 1.54) is 32.1 Å². The second-order valence-electron chi connectivity index (χ2n) is 7.62. The minimum atomic E-state index is -0.780. The van der Waals surface area contributed by atoms with Gasteiger partial charge in [0.25, 0.3) is 0 Å². The highest BCUT2D eigenvalue weighted by molar-refractivity contribution is 4.96. The van der Waals surface area contributed by atoms with Crippen molar-refractivity contribution >= 4 is 0 Å². The van der Waals surface area contributed by atoms with E-state index in [4.69, 9.17) is 9.47 Å². The van der Waals surface area contributed by atoms with Crippen molar-refractivity contribution < 1.29 is 19.7 Å². The Morgan fingerprint density at radius 3 is 2.10 bits per heavy atom. The van der Waals surface area contributed by atoms with E-state index in [0.29, 0.717) is 18.6 Å². The van der Waals surface area contributed by atoms with Crippen molar-refractivity contribution in [1.29, 1.82) is 0 Å². The van der Waals surface area contributed by atoms with E-state index in [-0.39, 0.29) is 12.2 Å². The van der Waals surface area contributed by atoms with Crippen molar-refractivity contribution in [3.63, 3.8) is 0 Å². The molecule has 0 bridgehead atoms. The zero-order chi connectivity index (χ0) is 14.4. The van der Waals surface area contributed by atoms with Crippen LogP contribution in [0, 0.1) is 17.8 Å². The topological polar surface area (TPSA) is 58.9 Å². The zero-order valence-corrected chi connectivity index (χ0v) is 12.7. The summed E-state index contributed by atoms with van der Waals surface area (Å²) >= 11 is 0. The molecular formula is C17H28O4. The molecule has 1 heterocycles. The highest BCUT2D eigenvalue weighted by atomic mass is 16.6. The molecule has 4 rings (SSSR count). The molecule has 1 saturated heterocycles. The summed E-state index contributed by atoms with van der Waals surface area (Å²) in [7, 11) is 0. The quantitative estimate of drug-likeness (QED) is 0.813. The lowest BCUT2D eigenvalue weighted by molar-refractivity contribution is -0.128. The lowest BCUT2D eigenvalue weighted by atomic mass is 9.65. The molecule has 0 radical (unpaired) electrons. The van der Waals surface area contributed by atoms with E-state index in [0.717, 1.165) is 31.1 Å². The molecule has 0 aromatic heterocycles. The van der Waals surface area contributed by atoms with Crippen LogP contribution in [0.3, 0.4) is 0 Å². The van der Waals surface area contributed by atoms with Gasteiger partial charge in [0.15, 0.2) is 0 Å². The minimum Gasteiger partial charge on any atom is -0.388 e. The molecule has 4 fully saturated rings. The van der Waals surface area contributed by atoms with E-state index in [1.54, 1.807) is 0 Å². The van der Waals surface area contributed by atoms with E-state index in [9.17, 15) is 10.2 Å². The number of rotatable bonds is 5. The first-order valence-corrected chi connectivity index (χ1v) is 8.87. The number of ether oxygens (including phenoxy) is 2. The summed E-state index contributed by atoms with van der Waals surface area (Å²) in [6.07, 6.45) is 8.38. The smallest absolute Gasteiger partial charge is 0.111 e. The Labute approximate surface area is 126 Å². The number of aliphatic hydroxyl groups excluding tert-OH is 2. The third-order valence-corrected chi connectivity index (χ3v) is 6.51. The van der Waals surface area contributed by atoms with Crippen LogP contribution in [-0.4, -0.2) is 47.3 Å². The summed E-state index contributed by atoms with van der Waals surface area (Å²) in [4.78, 5) is 0. The molecule has 2 N–H and O–H groups in total. The van der Waals surface area contributed by atoms with E-state index >= 15 is 0 Å². The molecule has 4 heteroatoms. The summed E-state index contributed by atoms with van der Waals surface area (Å²) in [5.41, 5.74) is 0. The molecule has 1 aliphatic heterocycles. The average Bonchev–Trinajstić information content (AvgIpc) is 2.59. The van der Waals surface area contributed by atoms with Gasteiger partial charge in [-0.15, -0.1) is 0 Å². The maximum atomic E-state index is 10.2. The van der Waals surface area contributed by atoms with E-state index in [2.05, 4.69) is 0 Å². The van der Waals surface area contributed by atoms with Crippen molar-refractivity contribution in [3.05, 3.63) is 0 Å². The third-order valence-electron chi connectivity index (χ3n) is 6.51. The van der Waals surface area contributed by atoms with Gasteiger partial charge in [0.1, 0.15) is 18.3 Å². The highest BCUT2D eigenvalue weighted by Crippen LogP contribution is 2.45. The van der Waals surface area contributed by atoms with Crippen molar-refractivity contribution in [2.24, 2.45) is 17.8 Å². The molecule has 6 atom stereocenters. The first kappa shape index (κ1) is 14.4. The molecule has 0 aromatic carbocycles. The van der Waals surface area contributed by atoms with Crippen molar-refractivity contribution in [2.75, 3.05) is 6.61 Å². The molecular weight excluding hydrogens is 268 g/mol. The highest BCUT2D eigenvalue weighted by Gasteiger charge is 2.48. The van der Waals surface area contributed by atoms with Gasteiger partial charge in [0.2, 0.25) is 0 Å². The van der Waals surface area contributed by atoms with Crippen LogP contribution < -0.4 is 0 Å². The molecule has 120 valence electrons. The molecule has 0 amide bonds. The van der Waals surface area contributed by atoms with Gasteiger partial charge in [0, 0.05) is 0 Å².